The molecule has 0 bridgehead atoms. The van der Waals surface area contributed by atoms with Gasteiger partial charge in [0.05, 0.1) is 5.92 Å². The number of aliphatic carboxylic acids is 1. The lowest BCUT2D eigenvalue weighted by Gasteiger charge is -2.27. The van der Waals surface area contributed by atoms with Crippen LogP contribution in [-0.2, 0) is 20.9 Å². The summed E-state index contributed by atoms with van der Waals surface area (Å²) in [7, 11) is 0. The first kappa shape index (κ1) is 14.8. The van der Waals surface area contributed by atoms with Gasteiger partial charge in [0, 0.05) is 5.92 Å². The van der Waals surface area contributed by atoms with Crippen LogP contribution in [0.3, 0.4) is 0 Å². The molecule has 1 heterocycles. The summed E-state index contributed by atoms with van der Waals surface area (Å²) in [5.74, 6) is -4.98. The highest BCUT2D eigenvalue weighted by Gasteiger charge is 2.74. The smallest absolute Gasteiger partial charge is 0.481 e. The Balaban J connectivity index is 1.72. The quantitative estimate of drug-likeness (QED) is 0.740. The van der Waals surface area contributed by atoms with E-state index in [2.05, 4.69) is 8.83 Å². The van der Waals surface area contributed by atoms with Crippen LogP contribution in [-0.4, -0.2) is 28.8 Å². The Morgan fingerprint density at radius 3 is 2.73 bits per heavy atom. The molecule has 0 radical (unpaired) electrons. The van der Waals surface area contributed by atoms with Crippen molar-refractivity contribution in [3.8, 4) is 0 Å². The van der Waals surface area contributed by atoms with Crippen LogP contribution in [0.15, 0.2) is 13.6 Å². The molecule has 3 N–H and O–H groups in total. The molecule has 22 heavy (non-hydrogen) atoms. The van der Waals surface area contributed by atoms with E-state index in [0.717, 1.165) is 0 Å². The van der Waals surface area contributed by atoms with Crippen molar-refractivity contribution >= 4 is 11.9 Å². The lowest BCUT2D eigenvalue weighted by atomic mass is 9.90. The second kappa shape index (κ2) is 4.67. The normalized spacial score (nSPS) is 36.0. The summed E-state index contributed by atoms with van der Waals surface area (Å²) in [6, 6.07) is 0. The van der Waals surface area contributed by atoms with Crippen LogP contribution in [0.4, 0.5) is 4.39 Å². The van der Waals surface area contributed by atoms with Gasteiger partial charge in [-0.15, -0.1) is 0 Å². The molecule has 9 heteroatoms. The minimum absolute atomic E-state index is 0.00233. The number of aryl methyl sites for hydroxylation is 1. The molecule has 2 aliphatic carbocycles. The molecule has 5 atom stereocenters. The van der Waals surface area contributed by atoms with Crippen LogP contribution in [0.1, 0.15) is 17.9 Å². The number of hydrogen-bond donors (Lipinski definition) is 2. The molecular weight excluding hydrogens is 301 g/mol. The number of halogens is 1. The third-order valence-corrected chi connectivity index (χ3v) is 4.53. The predicted octanol–water partition coefficient (Wildman–Crippen LogP) is -0.0295. The van der Waals surface area contributed by atoms with Crippen molar-refractivity contribution in [1.29, 1.82) is 0 Å². The van der Waals surface area contributed by atoms with E-state index in [4.69, 9.17) is 15.6 Å². The Kier molecular flexibility index (Phi) is 3.13. The summed E-state index contributed by atoms with van der Waals surface area (Å²) in [4.78, 5) is 34.1. The fourth-order valence-electron chi connectivity index (χ4n) is 3.32. The van der Waals surface area contributed by atoms with Crippen molar-refractivity contribution in [1.82, 2.24) is 0 Å². The summed E-state index contributed by atoms with van der Waals surface area (Å²) >= 11 is 0. The lowest BCUT2D eigenvalue weighted by Crippen LogP contribution is -2.57. The molecule has 0 saturated heterocycles. The molecule has 2 fully saturated rings. The summed E-state index contributed by atoms with van der Waals surface area (Å²) in [5.41, 5.74) is 3.86. The SMILES string of the molecule is Cc1oc(=O)oc1COC(=O)[C@@]1(N)[C@H]2[C@@H](C[C@@H]1F)[C@@H]2C(=O)O. The van der Waals surface area contributed by atoms with Gasteiger partial charge in [-0.2, -0.15) is 0 Å². The van der Waals surface area contributed by atoms with E-state index in [1.54, 1.807) is 0 Å². The minimum atomic E-state index is -1.98. The maximum atomic E-state index is 14.0. The van der Waals surface area contributed by atoms with E-state index in [1.807, 2.05) is 0 Å². The van der Waals surface area contributed by atoms with E-state index in [0.29, 0.717) is 0 Å². The Hall–Kier alpha value is -2.16. The highest BCUT2D eigenvalue weighted by Crippen LogP contribution is 2.62. The average Bonchev–Trinajstić information content (AvgIpc) is 2.97. The van der Waals surface area contributed by atoms with E-state index < -0.39 is 53.8 Å². The van der Waals surface area contributed by atoms with E-state index >= 15 is 0 Å². The number of nitrogens with two attached hydrogens (primary N) is 1. The highest BCUT2D eigenvalue weighted by molar-refractivity contribution is 5.87. The molecule has 8 nitrogen and oxygen atoms in total. The Labute approximate surface area is 123 Å². The summed E-state index contributed by atoms with van der Waals surface area (Å²) < 4.78 is 28.2. The summed E-state index contributed by atoms with van der Waals surface area (Å²) in [6.45, 7) is 1.01. The monoisotopic (exact) mass is 315 g/mol. The van der Waals surface area contributed by atoms with Crippen molar-refractivity contribution in [2.45, 2.75) is 31.7 Å². The van der Waals surface area contributed by atoms with Crippen LogP contribution in [0.5, 0.6) is 0 Å². The van der Waals surface area contributed by atoms with Gasteiger partial charge in [0.2, 0.25) is 0 Å². The average molecular weight is 315 g/mol. The van der Waals surface area contributed by atoms with Crippen LogP contribution in [0.25, 0.3) is 0 Å². The summed E-state index contributed by atoms with van der Waals surface area (Å²) in [5, 5.41) is 9.01. The highest BCUT2D eigenvalue weighted by atomic mass is 19.1. The minimum Gasteiger partial charge on any atom is -0.481 e. The van der Waals surface area contributed by atoms with Crippen molar-refractivity contribution in [3.05, 3.63) is 22.1 Å². The Morgan fingerprint density at radius 2 is 2.18 bits per heavy atom. The molecule has 2 aliphatic rings. The van der Waals surface area contributed by atoms with Gasteiger partial charge in [0.15, 0.2) is 18.1 Å². The van der Waals surface area contributed by atoms with E-state index in [9.17, 15) is 18.8 Å². The number of carboxylic acids is 1. The molecule has 0 unspecified atom stereocenters. The van der Waals surface area contributed by atoms with Crippen LogP contribution < -0.4 is 11.6 Å². The number of hydrogen-bond acceptors (Lipinski definition) is 7. The maximum absolute atomic E-state index is 14.0. The molecule has 0 aromatic carbocycles. The molecule has 120 valence electrons. The summed E-state index contributed by atoms with van der Waals surface area (Å²) in [6.07, 6.45) is -1.74. The number of ether oxygens (including phenoxy) is 1. The Morgan fingerprint density at radius 1 is 1.50 bits per heavy atom. The van der Waals surface area contributed by atoms with Gasteiger partial charge in [0.1, 0.15) is 11.7 Å². The van der Waals surface area contributed by atoms with Crippen LogP contribution >= 0.6 is 0 Å². The van der Waals surface area contributed by atoms with Gasteiger partial charge in [-0.1, -0.05) is 0 Å². The van der Waals surface area contributed by atoms with E-state index in [1.165, 1.54) is 6.92 Å². The predicted molar refractivity (Wildman–Crippen MR) is 66.3 cm³/mol. The van der Waals surface area contributed by atoms with Crippen molar-refractivity contribution < 1.29 is 32.7 Å². The zero-order valence-electron chi connectivity index (χ0n) is 11.6. The first-order valence-corrected chi connectivity index (χ1v) is 6.69. The second-order valence-electron chi connectivity index (χ2n) is 5.70. The van der Waals surface area contributed by atoms with Crippen molar-refractivity contribution in [2.24, 2.45) is 23.5 Å². The van der Waals surface area contributed by atoms with Crippen LogP contribution in [0.2, 0.25) is 0 Å². The number of esters is 1. The maximum Gasteiger partial charge on any atom is 0.519 e. The number of carbonyl (C=O) groups excluding carboxylic acids is 1. The fraction of sp³-hybridized carbons (Fsp3) is 0.615. The van der Waals surface area contributed by atoms with Crippen molar-refractivity contribution in [2.75, 3.05) is 0 Å². The molecule has 0 amide bonds. The number of rotatable bonds is 4. The topological polar surface area (TPSA) is 133 Å². The molecule has 1 aromatic rings. The molecule has 0 aliphatic heterocycles. The lowest BCUT2D eigenvalue weighted by molar-refractivity contribution is -0.156. The third kappa shape index (κ3) is 1.96. The number of carbonyl (C=O) groups is 2. The largest absolute Gasteiger partial charge is 0.519 e. The van der Waals surface area contributed by atoms with Crippen molar-refractivity contribution in [3.63, 3.8) is 0 Å². The molecule has 0 spiro atoms. The number of fused-ring (bicyclic) bond motifs is 1. The fourth-order valence-corrected chi connectivity index (χ4v) is 3.32. The van der Waals surface area contributed by atoms with Gasteiger partial charge in [0.25, 0.3) is 0 Å². The zero-order chi connectivity index (χ0) is 16.2. The molecule has 3 rings (SSSR count). The Bertz CT molecular complexity index is 695. The number of carboxylic acid groups (broad SMARTS) is 1. The van der Waals surface area contributed by atoms with Gasteiger partial charge in [-0.05, 0) is 19.3 Å². The first-order chi connectivity index (χ1) is 10.3. The van der Waals surface area contributed by atoms with Gasteiger partial charge in [-0.25, -0.2) is 14.0 Å². The number of alkyl halides is 1. The first-order valence-electron chi connectivity index (χ1n) is 6.69. The molecular formula is C13H14FNO7. The second-order valence-corrected chi connectivity index (χ2v) is 5.70. The van der Waals surface area contributed by atoms with Gasteiger partial charge in [-0.3, -0.25) is 4.79 Å². The van der Waals surface area contributed by atoms with Gasteiger partial charge < -0.3 is 24.4 Å². The molecule has 1 aromatic heterocycles. The zero-order valence-corrected chi connectivity index (χ0v) is 11.6. The van der Waals surface area contributed by atoms with Crippen LogP contribution in [0, 0.1) is 24.7 Å². The standard InChI is InChI=1S/C13H14FNO7/c1-4-6(22-12(19)21-4)3-20-11(18)13(15)7(14)2-5-8(9(5)13)10(16)17/h5,7-9H,2-3,15H2,1H3,(H,16,17)/t5-,7-,8-,9-,13-/m0/s1. The third-order valence-electron chi connectivity index (χ3n) is 4.53. The van der Waals surface area contributed by atoms with E-state index in [-0.39, 0.29) is 17.9 Å². The van der Waals surface area contributed by atoms with Gasteiger partial charge >= 0.3 is 17.8 Å². The molecule has 2 saturated carbocycles.